The van der Waals surface area contributed by atoms with Crippen LogP contribution in [-0.2, 0) is 0 Å². The molecule has 0 aliphatic rings. The Morgan fingerprint density at radius 3 is 2.08 bits per heavy atom. The summed E-state index contributed by atoms with van der Waals surface area (Å²) < 4.78 is 0. The Bertz CT molecular complexity index is 463. The molecule has 3 heteroatoms. The van der Waals surface area contributed by atoms with Crippen molar-refractivity contribution in [3.05, 3.63) is 30.3 Å². The molecular weight excluding hydrogens is 162 g/mol. The number of nitrogen functional groups attached to an aromatic ring is 3. The summed E-state index contributed by atoms with van der Waals surface area (Å²) in [6.07, 6.45) is 0. The molecule has 0 radical (unpaired) electrons. The van der Waals surface area contributed by atoms with Gasteiger partial charge in [0, 0.05) is 16.5 Å². The van der Waals surface area contributed by atoms with Gasteiger partial charge >= 0.3 is 0 Å². The fourth-order valence-electron chi connectivity index (χ4n) is 1.45. The molecule has 0 saturated heterocycles. The van der Waals surface area contributed by atoms with Gasteiger partial charge in [0.05, 0.1) is 11.4 Å². The first-order valence-electron chi connectivity index (χ1n) is 4.02. The molecule has 6 N–H and O–H groups in total. The van der Waals surface area contributed by atoms with Crippen molar-refractivity contribution in [1.82, 2.24) is 0 Å². The molecule has 2 aromatic carbocycles. The summed E-state index contributed by atoms with van der Waals surface area (Å²) in [6, 6.07) is 9.38. The summed E-state index contributed by atoms with van der Waals surface area (Å²) in [5.41, 5.74) is 19.1. The second-order valence-electron chi connectivity index (χ2n) is 3.01. The first kappa shape index (κ1) is 7.73. The largest absolute Gasteiger partial charge is 0.398 e. The van der Waals surface area contributed by atoms with E-state index in [2.05, 4.69) is 0 Å². The van der Waals surface area contributed by atoms with E-state index in [4.69, 9.17) is 17.2 Å². The number of anilines is 3. The number of hydrogen-bond acceptors (Lipinski definition) is 3. The van der Waals surface area contributed by atoms with Crippen LogP contribution in [0, 0.1) is 0 Å². The molecule has 2 aromatic rings. The fraction of sp³-hybridized carbons (Fsp3) is 0. The van der Waals surface area contributed by atoms with Crippen molar-refractivity contribution >= 4 is 27.8 Å². The zero-order valence-electron chi connectivity index (χ0n) is 7.12. The minimum absolute atomic E-state index is 0.538. The van der Waals surface area contributed by atoms with E-state index < -0.39 is 0 Å². The zero-order chi connectivity index (χ0) is 9.42. The van der Waals surface area contributed by atoms with Gasteiger partial charge in [-0.25, -0.2) is 0 Å². The van der Waals surface area contributed by atoms with Crippen molar-refractivity contribution in [1.29, 1.82) is 0 Å². The number of nitrogens with two attached hydrogens (primary N) is 3. The van der Waals surface area contributed by atoms with Gasteiger partial charge in [-0.1, -0.05) is 24.3 Å². The predicted molar refractivity (Wildman–Crippen MR) is 57.2 cm³/mol. The van der Waals surface area contributed by atoms with E-state index in [1.165, 1.54) is 0 Å². The van der Waals surface area contributed by atoms with Crippen molar-refractivity contribution in [2.24, 2.45) is 0 Å². The lowest BCUT2D eigenvalue weighted by molar-refractivity contribution is 1.69. The lowest BCUT2D eigenvalue weighted by atomic mass is 10.1. The standard InChI is InChI=1S/C10H11N3/c11-8-5-9(12)10(13)7-4-2-1-3-6(7)8/h1-5H,11-13H2. The minimum Gasteiger partial charge on any atom is -0.398 e. The Kier molecular flexibility index (Phi) is 1.52. The molecule has 0 bridgehead atoms. The van der Waals surface area contributed by atoms with Gasteiger partial charge in [0.25, 0.3) is 0 Å². The molecule has 0 unspecified atom stereocenters. The fourth-order valence-corrected chi connectivity index (χ4v) is 1.45. The van der Waals surface area contributed by atoms with E-state index in [0.29, 0.717) is 17.1 Å². The summed E-state index contributed by atoms with van der Waals surface area (Å²) in [6.45, 7) is 0. The summed E-state index contributed by atoms with van der Waals surface area (Å²) >= 11 is 0. The Labute approximate surface area is 76.1 Å². The van der Waals surface area contributed by atoms with E-state index in [1.807, 2.05) is 24.3 Å². The average Bonchev–Trinajstić information content (AvgIpc) is 2.15. The quantitative estimate of drug-likeness (QED) is 0.529. The smallest absolute Gasteiger partial charge is 0.0628 e. The minimum atomic E-state index is 0.538. The number of benzene rings is 2. The average molecular weight is 173 g/mol. The van der Waals surface area contributed by atoms with Crippen LogP contribution in [-0.4, -0.2) is 0 Å². The molecule has 66 valence electrons. The molecule has 0 fully saturated rings. The SMILES string of the molecule is Nc1cc(N)c2ccccc2c1N. The van der Waals surface area contributed by atoms with E-state index in [0.717, 1.165) is 10.8 Å². The van der Waals surface area contributed by atoms with Crippen LogP contribution in [0.4, 0.5) is 17.1 Å². The van der Waals surface area contributed by atoms with Crippen LogP contribution in [0.3, 0.4) is 0 Å². The Hall–Kier alpha value is -1.90. The first-order valence-corrected chi connectivity index (χ1v) is 4.02. The van der Waals surface area contributed by atoms with Crippen molar-refractivity contribution in [2.75, 3.05) is 17.2 Å². The molecule has 0 aromatic heterocycles. The lowest BCUT2D eigenvalue weighted by Crippen LogP contribution is -1.98. The highest BCUT2D eigenvalue weighted by atomic mass is 14.7. The van der Waals surface area contributed by atoms with E-state index >= 15 is 0 Å². The summed E-state index contributed by atoms with van der Waals surface area (Å²) in [5, 5.41) is 1.87. The molecule has 0 atom stereocenters. The van der Waals surface area contributed by atoms with Crippen LogP contribution in [0.1, 0.15) is 0 Å². The summed E-state index contributed by atoms with van der Waals surface area (Å²) in [7, 11) is 0. The van der Waals surface area contributed by atoms with Crippen LogP contribution < -0.4 is 17.2 Å². The third-order valence-corrected chi connectivity index (χ3v) is 2.15. The lowest BCUT2D eigenvalue weighted by Gasteiger charge is -2.07. The highest BCUT2D eigenvalue weighted by molar-refractivity contribution is 6.04. The molecule has 3 nitrogen and oxygen atoms in total. The highest BCUT2D eigenvalue weighted by Crippen LogP contribution is 2.31. The van der Waals surface area contributed by atoms with Gasteiger partial charge in [-0.3, -0.25) is 0 Å². The molecule has 0 saturated carbocycles. The van der Waals surface area contributed by atoms with Gasteiger partial charge in [-0.05, 0) is 6.07 Å². The second-order valence-corrected chi connectivity index (χ2v) is 3.01. The maximum absolute atomic E-state index is 5.81. The van der Waals surface area contributed by atoms with Crippen LogP contribution in [0.25, 0.3) is 10.8 Å². The topological polar surface area (TPSA) is 78.1 Å². The van der Waals surface area contributed by atoms with Crippen molar-refractivity contribution < 1.29 is 0 Å². The molecule has 0 aliphatic carbocycles. The summed E-state index contributed by atoms with van der Waals surface area (Å²) in [5.74, 6) is 0. The van der Waals surface area contributed by atoms with Gasteiger partial charge in [0.1, 0.15) is 0 Å². The zero-order valence-corrected chi connectivity index (χ0v) is 7.12. The Morgan fingerprint density at radius 2 is 1.38 bits per heavy atom. The molecule has 13 heavy (non-hydrogen) atoms. The molecule has 0 spiro atoms. The van der Waals surface area contributed by atoms with Crippen LogP contribution in [0.2, 0.25) is 0 Å². The van der Waals surface area contributed by atoms with Gasteiger partial charge in [0.2, 0.25) is 0 Å². The van der Waals surface area contributed by atoms with Crippen LogP contribution in [0.5, 0.6) is 0 Å². The third-order valence-electron chi connectivity index (χ3n) is 2.15. The van der Waals surface area contributed by atoms with Crippen molar-refractivity contribution in [2.45, 2.75) is 0 Å². The van der Waals surface area contributed by atoms with Crippen LogP contribution >= 0.6 is 0 Å². The second kappa shape index (κ2) is 2.55. The number of fused-ring (bicyclic) bond motifs is 1. The number of hydrogen-bond donors (Lipinski definition) is 3. The Morgan fingerprint density at radius 1 is 0.769 bits per heavy atom. The molecule has 2 rings (SSSR count). The predicted octanol–water partition coefficient (Wildman–Crippen LogP) is 1.59. The molecule has 0 heterocycles. The third kappa shape index (κ3) is 1.05. The van der Waals surface area contributed by atoms with Crippen LogP contribution in [0.15, 0.2) is 30.3 Å². The van der Waals surface area contributed by atoms with Gasteiger partial charge in [-0.15, -0.1) is 0 Å². The maximum atomic E-state index is 5.81. The first-order chi connectivity index (χ1) is 6.20. The van der Waals surface area contributed by atoms with Gasteiger partial charge in [0.15, 0.2) is 0 Å². The van der Waals surface area contributed by atoms with E-state index in [1.54, 1.807) is 6.07 Å². The van der Waals surface area contributed by atoms with E-state index in [-0.39, 0.29) is 0 Å². The van der Waals surface area contributed by atoms with E-state index in [9.17, 15) is 0 Å². The van der Waals surface area contributed by atoms with Crippen molar-refractivity contribution in [3.63, 3.8) is 0 Å². The van der Waals surface area contributed by atoms with Gasteiger partial charge in [-0.2, -0.15) is 0 Å². The van der Waals surface area contributed by atoms with Crippen molar-refractivity contribution in [3.8, 4) is 0 Å². The number of rotatable bonds is 0. The molecular formula is C10H11N3. The summed E-state index contributed by atoms with van der Waals surface area (Å²) in [4.78, 5) is 0. The Balaban J connectivity index is 2.97. The molecule has 0 aliphatic heterocycles. The highest BCUT2D eigenvalue weighted by Gasteiger charge is 2.03. The van der Waals surface area contributed by atoms with Gasteiger partial charge < -0.3 is 17.2 Å². The monoisotopic (exact) mass is 173 g/mol. The normalized spacial score (nSPS) is 10.5. The maximum Gasteiger partial charge on any atom is 0.0628 e. The molecule has 0 amide bonds.